The van der Waals surface area contributed by atoms with E-state index in [9.17, 15) is 22.8 Å². The summed E-state index contributed by atoms with van der Waals surface area (Å²) in [6.07, 6.45) is 8.26. The molecule has 1 fully saturated rings. The first-order valence-electron chi connectivity index (χ1n) is 13.8. The third-order valence-electron chi connectivity index (χ3n) is 7.20. The van der Waals surface area contributed by atoms with Crippen LogP contribution in [0.1, 0.15) is 76.1 Å². The van der Waals surface area contributed by atoms with E-state index in [0.29, 0.717) is 36.6 Å². The van der Waals surface area contributed by atoms with Gasteiger partial charge in [-0.25, -0.2) is 17.9 Å². The van der Waals surface area contributed by atoms with Gasteiger partial charge >= 0.3 is 5.97 Å². The molecule has 0 spiro atoms. The van der Waals surface area contributed by atoms with Crippen LogP contribution in [0.25, 0.3) is 0 Å². The Bertz CT molecular complexity index is 1460. The molecule has 3 aromatic rings. The van der Waals surface area contributed by atoms with Crippen LogP contribution in [-0.4, -0.2) is 37.7 Å². The van der Waals surface area contributed by atoms with Crippen LogP contribution in [0, 0.1) is 12.8 Å². The fourth-order valence-corrected chi connectivity index (χ4v) is 5.78. The van der Waals surface area contributed by atoms with Gasteiger partial charge in [0.1, 0.15) is 6.61 Å². The van der Waals surface area contributed by atoms with Crippen molar-refractivity contribution in [1.82, 2.24) is 15.0 Å². The third-order valence-corrected chi connectivity index (χ3v) is 8.55. The molecule has 0 bridgehead atoms. The van der Waals surface area contributed by atoms with Gasteiger partial charge in [0.2, 0.25) is 5.91 Å². The third kappa shape index (κ3) is 8.72. The number of benzene rings is 2. The van der Waals surface area contributed by atoms with Crippen molar-refractivity contribution in [3.63, 3.8) is 0 Å². The average Bonchev–Trinajstić information content (AvgIpc) is 2.97. The second kappa shape index (κ2) is 14.0. The molecule has 1 saturated carbocycles. The molecule has 2 amide bonds. The molecule has 4 rings (SSSR count). The van der Waals surface area contributed by atoms with E-state index in [4.69, 9.17) is 4.74 Å². The lowest BCUT2D eigenvalue weighted by atomic mass is 9.87. The van der Waals surface area contributed by atoms with Crippen LogP contribution in [0.3, 0.4) is 0 Å². The Morgan fingerprint density at radius 2 is 1.68 bits per heavy atom. The molecule has 0 unspecified atom stereocenters. The van der Waals surface area contributed by atoms with Crippen molar-refractivity contribution in [3.05, 3.63) is 94.8 Å². The van der Waals surface area contributed by atoms with Crippen LogP contribution in [-0.2, 0) is 32.6 Å². The largest absolute Gasteiger partial charge is 0.456 e. The minimum Gasteiger partial charge on any atom is -0.456 e. The number of hydrogen-bond donors (Lipinski definition) is 2. The first kappa shape index (κ1) is 29.9. The van der Waals surface area contributed by atoms with Crippen LogP contribution in [0.5, 0.6) is 0 Å². The van der Waals surface area contributed by atoms with E-state index in [1.165, 1.54) is 49.7 Å². The quantitative estimate of drug-likeness (QED) is 0.321. The summed E-state index contributed by atoms with van der Waals surface area (Å²) in [6.45, 7) is 2.19. The van der Waals surface area contributed by atoms with Crippen LogP contribution >= 0.6 is 0 Å². The minimum atomic E-state index is -4.11. The topological polar surface area (TPSA) is 132 Å². The highest BCUT2D eigenvalue weighted by Gasteiger charge is 2.20. The molecule has 0 radical (unpaired) electrons. The van der Waals surface area contributed by atoms with E-state index in [-0.39, 0.29) is 23.0 Å². The molecule has 0 aliphatic heterocycles. The van der Waals surface area contributed by atoms with Crippen LogP contribution in [0.4, 0.5) is 0 Å². The summed E-state index contributed by atoms with van der Waals surface area (Å²) in [6, 6.07) is 16.2. The van der Waals surface area contributed by atoms with Gasteiger partial charge in [-0.15, -0.1) is 0 Å². The highest BCUT2D eigenvalue weighted by atomic mass is 32.2. The summed E-state index contributed by atoms with van der Waals surface area (Å²) in [5.74, 6) is -0.773. The van der Waals surface area contributed by atoms with Crippen molar-refractivity contribution in [3.8, 4) is 0 Å². The lowest BCUT2D eigenvalue weighted by Gasteiger charge is -2.20. The number of aromatic nitrogens is 1. The Hall–Kier alpha value is -4.05. The van der Waals surface area contributed by atoms with Gasteiger partial charge in [-0.2, -0.15) is 0 Å². The summed E-state index contributed by atoms with van der Waals surface area (Å²) in [5, 5.41) is 2.95. The van der Waals surface area contributed by atoms with E-state index in [2.05, 4.69) is 15.0 Å². The molecule has 1 heterocycles. The molecule has 10 heteroatoms. The van der Waals surface area contributed by atoms with Crippen molar-refractivity contribution in [2.75, 3.05) is 6.54 Å². The number of amides is 2. The maximum absolute atomic E-state index is 12.8. The Labute approximate surface area is 240 Å². The maximum Gasteiger partial charge on any atom is 0.338 e. The molecule has 2 N–H and O–H groups in total. The van der Waals surface area contributed by atoms with E-state index < -0.39 is 21.9 Å². The Morgan fingerprint density at radius 3 is 2.37 bits per heavy atom. The van der Waals surface area contributed by atoms with Crippen molar-refractivity contribution in [1.29, 1.82) is 0 Å². The molecular weight excluding hydrogens is 542 g/mol. The molecule has 2 aromatic carbocycles. The summed E-state index contributed by atoms with van der Waals surface area (Å²) in [5.41, 5.74) is 2.58. The Kier molecular flexibility index (Phi) is 10.2. The molecule has 41 heavy (non-hydrogen) atoms. The monoisotopic (exact) mass is 577 g/mol. The van der Waals surface area contributed by atoms with E-state index >= 15 is 0 Å². The highest BCUT2D eigenvalue weighted by molar-refractivity contribution is 7.90. The van der Waals surface area contributed by atoms with Gasteiger partial charge in [-0.3, -0.25) is 14.6 Å². The fourth-order valence-electron chi connectivity index (χ4n) is 4.81. The van der Waals surface area contributed by atoms with Crippen LogP contribution < -0.4 is 10.0 Å². The zero-order chi connectivity index (χ0) is 29.2. The van der Waals surface area contributed by atoms with Gasteiger partial charge < -0.3 is 10.1 Å². The average molecular weight is 578 g/mol. The molecule has 1 aliphatic carbocycles. The predicted molar refractivity (Wildman–Crippen MR) is 154 cm³/mol. The SMILES string of the molecule is Cc1ccccc1C(=O)OCc1ccc(C(=O)NS(=O)(=O)c2ccc(CCNC(=O)CC3CCCCC3)cc2)cn1. The van der Waals surface area contributed by atoms with E-state index in [0.717, 1.165) is 24.0 Å². The number of pyridine rings is 1. The number of carbonyl (C=O) groups is 3. The summed E-state index contributed by atoms with van der Waals surface area (Å²) in [4.78, 5) is 41.1. The number of sulfonamides is 1. The van der Waals surface area contributed by atoms with Gasteiger partial charge in [0.05, 0.1) is 21.7 Å². The number of esters is 1. The van der Waals surface area contributed by atoms with Gasteiger partial charge in [0.15, 0.2) is 0 Å². The summed E-state index contributed by atoms with van der Waals surface area (Å²) >= 11 is 0. The van der Waals surface area contributed by atoms with Crippen LogP contribution in [0.15, 0.2) is 71.8 Å². The summed E-state index contributed by atoms with van der Waals surface area (Å²) < 4.78 is 32.9. The Morgan fingerprint density at radius 1 is 0.951 bits per heavy atom. The van der Waals surface area contributed by atoms with Gasteiger partial charge in [0.25, 0.3) is 15.9 Å². The standard InChI is InChI=1S/C31H35N3O6S/c1-22-7-5-6-10-28(22)31(37)40-21-26-14-13-25(20-33-26)30(36)34-41(38,39)27-15-11-23(12-16-27)17-18-32-29(35)19-24-8-3-2-4-9-24/h5-7,10-16,20,24H,2-4,8-9,17-19,21H2,1H3,(H,32,35)(H,34,36). The first-order valence-corrected chi connectivity index (χ1v) is 15.3. The zero-order valence-electron chi connectivity index (χ0n) is 23.1. The lowest BCUT2D eigenvalue weighted by Crippen LogP contribution is -2.30. The molecule has 0 atom stereocenters. The first-order chi connectivity index (χ1) is 19.7. The van der Waals surface area contributed by atoms with Crippen molar-refractivity contribution in [2.24, 2.45) is 5.92 Å². The molecule has 216 valence electrons. The number of nitrogens with one attached hydrogen (secondary N) is 2. The number of nitrogens with zero attached hydrogens (tertiary/aromatic N) is 1. The normalized spacial score (nSPS) is 13.8. The van der Waals surface area contributed by atoms with Crippen molar-refractivity contribution in [2.45, 2.75) is 63.4 Å². The Balaban J connectivity index is 1.24. The van der Waals surface area contributed by atoms with Crippen LogP contribution in [0.2, 0.25) is 0 Å². The summed E-state index contributed by atoms with van der Waals surface area (Å²) in [7, 11) is -4.11. The number of carbonyl (C=O) groups excluding carboxylic acids is 3. The van der Waals surface area contributed by atoms with E-state index in [1.54, 1.807) is 24.3 Å². The molecule has 1 aliphatic rings. The molecular formula is C31H35N3O6S. The van der Waals surface area contributed by atoms with Gasteiger partial charge in [-0.1, -0.05) is 49.6 Å². The predicted octanol–water partition coefficient (Wildman–Crippen LogP) is 4.49. The van der Waals surface area contributed by atoms with E-state index in [1.807, 2.05) is 19.1 Å². The number of ether oxygens (including phenoxy) is 1. The highest BCUT2D eigenvalue weighted by Crippen LogP contribution is 2.26. The smallest absolute Gasteiger partial charge is 0.338 e. The minimum absolute atomic E-state index is 0.0446. The lowest BCUT2D eigenvalue weighted by molar-refractivity contribution is -0.122. The van der Waals surface area contributed by atoms with Gasteiger partial charge in [-0.05, 0) is 73.6 Å². The van der Waals surface area contributed by atoms with Gasteiger partial charge in [0, 0.05) is 19.2 Å². The zero-order valence-corrected chi connectivity index (χ0v) is 23.9. The molecule has 9 nitrogen and oxygen atoms in total. The van der Waals surface area contributed by atoms with Crippen molar-refractivity contribution >= 4 is 27.8 Å². The second-order valence-corrected chi connectivity index (χ2v) is 12.0. The number of rotatable bonds is 11. The molecule has 0 saturated heterocycles. The maximum atomic E-state index is 12.8. The number of aryl methyl sites for hydroxylation is 1. The number of hydrogen-bond acceptors (Lipinski definition) is 7. The second-order valence-electron chi connectivity index (χ2n) is 10.3. The molecule has 1 aromatic heterocycles. The fraction of sp³-hybridized carbons (Fsp3) is 0.355. The van der Waals surface area contributed by atoms with Crippen molar-refractivity contribution < 1.29 is 27.5 Å².